The number of nitrogen functional groups attached to an aromatic ring is 2. The van der Waals surface area contributed by atoms with Crippen LogP contribution in [-0.2, 0) is 0 Å². The minimum Gasteiger partial charge on any atom is -0.370 e. The molecule has 0 bridgehead atoms. The van der Waals surface area contributed by atoms with E-state index in [1.54, 1.807) is 0 Å². The molecule has 0 aliphatic carbocycles. The van der Waals surface area contributed by atoms with Crippen molar-refractivity contribution in [1.29, 1.82) is 0 Å². The van der Waals surface area contributed by atoms with Gasteiger partial charge < -0.3 is 21.9 Å². The summed E-state index contributed by atoms with van der Waals surface area (Å²) in [4.78, 5) is 10.9. The fourth-order valence-electron chi connectivity index (χ4n) is 0.665. The Balaban J connectivity index is 2.82. The van der Waals surface area contributed by atoms with E-state index < -0.39 is 6.23 Å². The Hall–Kier alpha value is -1.89. The van der Waals surface area contributed by atoms with Crippen molar-refractivity contribution in [2.75, 3.05) is 16.8 Å². The van der Waals surface area contributed by atoms with E-state index in [2.05, 4.69) is 26.8 Å². The molecule has 0 fully saturated rings. The van der Waals surface area contributed by atoms with Gasteiger partial charge in [0.2, 0.25) is 17.8 Å². The summed E-state index contributed by atoms with van der Waals surface area (Å²) in [6, 6.07) is 0. The van der Waals surface area contributed by atoms with E-state index >= 15 is 0 Å². The summed E-state index contributed by atoms with van der Waals surface area (Å²) in [6.07, 6.45) is 0.331. The molecule has 70 valence electrons. The molecule has 0 saturated carbocycles. The number of aliphatic hydroxyl groups excluding tert-OH is 1. The molecule has 0 aliphatic rings. The van der Waals surface area contributed by atoms with E-state index in [1.165, 1.54) is 6.08 Å². The average Bonchev–Trinajstić information content (AvgIpc) is 2.02. The first kappa shape index (κ1) is 9.20. The Kier molecular flexibility index (Phi) is 2.60. The van der Waals surface area contributed by atoms with Crippen LogP contribution in [0.4, 0.5) is 17.8 Å². The summed E-state index contributed by atoms with van der Waals surface area (Å²) in [5.74, 6) is 0.0925. The maximum Gasteiger partial charge on any atom is 0.231 e. The number of hydrogen-bond acceptors (Lipinski definition) is 7. The van der Waals surface area contributed by atoms with Crippen LogP contribution in [0.25, 0.3) is 0 Å². The standard InChI is InChI=1S/C6H10N6O/c1-2-3(13)9-6-11-4(7)10-5(8)12-6/h2-3,13H,1H2,(H5,7,8,9,10,11,12). The van der Waals surface area contributed by atoms with Gasteiger partial charge >= 0.3 is 0 Å². The summed E-state index contributed by atoms with van der Waals surface area (Å²) in [5.41, 5.74) is 10.6. The maximum absolute atomic E-state index is 9.08. The summed E-state index contributed by atoms with van der Waals surface area (Å²) in [6.45, 7) is 3.36. The predicted octanol–water partition coefficient (Wildman–Crippen LogP) is -1.05. The van der Waals surface area contributed by atoms with Crippen LogP contribution in [0.2, 0.25) is 0 Å². The van der Waals surface area contributed by atoms with Crippen molar-refractivity contribution < 1.29 is 5.11 Å². The lowest BCUT2D eigenvalue weighted by molar-refractivity contribution is 0.251. The van der Waals surface area contributed by atoms with E-state index in [0.29, 0.717) is 0 Å². The number of rotatable bonds is 3. The average molecular weight is 182 g/mol. The third kappa shape index (κ3) is 2.56. The lowest BCUT2D eigenvalue weighted by Crippen LogP contribution is -2.18. The van der Waals surface area contributed by atoms with Crippen molar-refractivity contribution in [2.24, 2.45) is 0 Å². The van der Waals surface area contributed by atoms with Crippen molar-refractivity contribution in [3.05, 3.63) is 12.7 Å². The normalized spacial score (nSPS) is 12.1. The molecule has 0 amide bonds. The molecule has 1 heterocycles. The molecule has 0 spiro atoms. The molecule has 1 atom stereocenters. The molecule has 1 rings (SSSR count). The lowest BCUT2D eigenvalue weighted by atomic mass is 10.5. The third-order valence-corrected chi connectivity index (χ3v) is 1.17. The zero-order valence-electron chi connectivity index (χ0n) is 6.81. The van der Waals surface area contributed by atoms with Crippen molar-refractivity contribution in [3.8, 4) is 0 Å². The topological polar surface area (TPSA) is 123 Å². The Morgan fingerprint density at radius 1 is 1.31 bits per heavy atom. The number of anilines is 3. The molecule has 7 heteroatoms. The van der Waals surface area contributed by atoms with E-state index in [1.807, 2.05) is 0 Å². The highest BCUT2D eigenvalue weighted by Crippen LogP contribution is 2.04. The van der Waals surface area contributed by atoms with Crippen LogP contribution >= 0.6 is 0 Å². The highest BCUT2D eigenvalue weighted by molar-refractivity contribution is 5.37. The monoisotopic (exact) mass is 182 g/mol. The fourth-order valence-corrected chi connectivity index (χ4v) is 0.665. The van der Waals surface area contributed by atoms with Gasteiger partial charge in [-0.1, -0.05) is 6.58 Å². The van der Waals surface area contributed by atoms with E-state index in [9.17, 15) is 0 Å². The molecule has 1 unspecified atom stereocenters. The van der Waals surface area contributed by atoms with Gasteiger partial charge in [0.25, 0.3) is 0 Å². The molecule has 0 aliphatic heterocycles. The summed E-state index contributed by atoms with van der Waals surface area (Å²) >= 11 is 0. The van der Waals surface area contributed by atoms with E-state index in [4.69, 9.17) is 16.6 Å². The molecule has 1 aromatic heterocycles. The van der Waals surface area contributed by atoms with Crippen LogP contribution in [0.1, 0.15) is 0 Å². The predicted molar refractivity (Wildman–Crippen MR) is 48.5 cm³/mol. The molecule has 0 aromatic carbocycles. The van der Waals surface area contributed by atoms with Gasteiger partial charge in [-0.2, -0.15) is 15.0 Å². The van der Waals surface area contributed by atoms with Gasteiger partial charge in [0.15, 0.2) is 0 Å². The number of nitrogens with one attached hydrogen (secondary N) is 1. The van der Waals surface area contributed by atoms with Gasteiger partial charge in [0.05, 0.1) is 0 Å². The second kappa shape index (κ2) is 3.68. The van der Waals surface area contributed by atoms with Crippen molar-refractivity contribution in [1.82, 2.24) is 15.0 Å². The molecule has 7 nitrogen and oxygen atoms in total. The van der Waals surface area contributed by atoms with Gasteiger partial charge in [-0.05, 0) is 6.08 Å². The van der Waals surface area contributed by atoms with Gasteiger partial charge in [-0.25, -0.2) is 0 Å². The largest absolute Gasteiger partial charge is 0.370 e. The Morgan fingerprint density at radius 2 is 1.85 bits per heavy atom. The Labute approximate surface area is 74.5 Å². The molecule has 1 aromatic rings. The molecule has 6 N–H and O–H groups in total. The highest BCUT2D eigenvalue weighted by atomic mass is 16.3. The highest BCUT2D eigenvalue weighted by Gasteiger charge is 2.03. The minimum absolute atomic E-state index is 0.00809. The van der Waals surface area contributed by atoms with Crippen LogP contribution in [0.15, 0.2) is 12.7 Å². The third-order valence-electron chi connectivity index (χ3n) is 1.17. The number of aromatic nitrogens is 3. The van der Waals surface area contributed by atoms with Crippen LogP contribution in [-0.4, -0.2) is 26.3 Å². The van der Waals surface area contributed by atoms with E-state index in [0.717, 1.165) is 0 Å². The first-order valence-electron chi connectivity index (χ1n) is 3.46. The molecular formula is C6H10N6O. The zero-order valence-corrected chi connectivity index (χ0v) is 6.81. The molecule has 0 radical (unpaired) electrons. The fraction of sp³-hybridized carbons (Fsp3) is 0.167. The zero-order chi connectivity index (χ0) is 9.84. The second-order valence-electron chi connectivity index (χ2n) is 2.20. The van der Waals surface area contributed by atoms with Crippen LogP contribution in [0.5, 0.6) is 0 Å². The van der Waals surface area contributed by atoms with Gasteiger partial charge in [0.1, 0.15) is 6.23 Å². The van der Waals surface area contributed by atoms with Gasteiger partial charge in [-0.3, -0.25) is 0 Å². The summed E-state index contributed by atoms with van der Waals surface area (Å²) in [7, 11) is 0. The van der Waals surface area contributed by atoms with Crippen molar-refractivity contribution >= 4 is 17.8 Å². The minimum atomic E-state index is -0.943. The SMILES string of the molecule is C=CC(O)Nc1nc(N)nc(N)n1. The summed E-state index contributed by atoms with van der Waals surface area (Å²) in [5, 5.41) is 11.6. The molecular weight excluding hydrogens is 172 g/mol. The number of hydrogen-bond donors (Lipinski definition) is 4. The van der Waals surface area contributed by atoms with Crippen LogP contribution in [0.3, 0.4) is 0 Å². The van der Waals surface area contributed by atoms with Gasteiger partial charge in [-0.15, -0.1) is 0 Å². The first-order valence-corrected chi connectivity index (χ1v) is 3.46. The molecule has 13 heavy (non-hydrogen) atoms. The second-order valence-corrected chi connectivity index (χ2v) is 2.20. The van der Waals surface area contributed by atoms with Gasteiger partial charge in [0, 0.05) is 0 Å². The maximum atomic E-state index is 9.08. The van der Waals surface area contributed by atoms with Crippen molar-refractivity contribution in [3.63, 3.8) is 0 Å². The van der Waals surface area contributed by atoms with E-state index in [-0.39, 0.29) is 17.8 Å². The lowest BCUT2D eigenvalue weighted by Gasteiger charge is -2.07. The van der Waals surface area contributed by atoms with Crippen molar-refractivity contribution in [2.45, 2.75) is 6.23 Å². The molecule has 0 saturated heterocycles. The first-order chi connectivity index (χ1) is 6.11. The smallest absolute Gasteiger partial charge is 0.231 e. The quantitative estimate of drug-likeness (QED) is 0.347. The Morgan fingerprint density at radius 3 is 2.31 bits per heavy atom. The Bertz CT molecular complexity index is 294. The number of aliphatic hydroxyl groups is 1. The number of nitrogens with two attached hydrogens (primary N) is 2. The summed E-state index contributed by atoms with van der Waals surface area (Å²) < 4.78 is 0. The van der Waals surface area contributed by atoms with Crippen LogP contribution < -0.4 is 16.8 Å². The number of nitrogens with zero attached hydrogens (tertiary/aromatic N) is 3. The van der Waals surface area contributed by atoms with Crippen LogP contribution in [0, 0.1) is 0 Å².